The predicted molar refractivity (Wildman–Crippen MR) is 97.4 cm³/mol. The van der Waals surface area contributed by atoms with Gasteiger partial charge in [0.25, 0.3) is 0 Å². The number of fused-ring (bicyclic) bond motifs is 2. The molecule has 2 aromatic rings. The van der Waals surface area contributed by atoms with E-state index in [2.05, 4.69) is 16.8 Å². The van der Waals surface area contributed by atoms with Gasteiger partial charge in [-0.3, -0.25) is 4.90 Å². The fourth-order valence-corrected chi connectivity index (χ4v) is 4.92. The SMILES string of the molecule is CN1CCN([C@H]2Cc3ccc(F)cc3Sc3cc(F)c(Cl)cc32)CC1. The van der Waals surface area contributed by atoms with E-state index in [1.807, 2.05) is 6.07 Å². The minimum absolute atomic E-state index is 0.126. The maximum absolute atomic E-state index is 14.1. The Bertz CT molecular complexity index is 806. The summed E-state index contributed by atoms with van der Waals surface area (Å²) in [5, 5.41) is 0.149. The van der Waals surface area contributed by atoms with Gasteiger partial charge < -0.3 is 4.90 Å². The molecule has 4 rings (SSSR count). The topological polar surface area (TPSA) is 6.48 Å². The summed E-state index contributed by atoms with van der Waals surface area (Å²) in [6.07, 6.45) is 0.779. The Hall–Kier alpha value is -1.14. The maximum atomic E-state index is 14.1. The van der Waals surface area contributed by atoms with Crippen molar-refractivity contribution in [2.24, 2.45) is 0 Å². The lowest BCUT2D eigenvalue weighted by molar-refractivity contribution is 0.110. The van der Waals surface area contributed by atoms with Gasteiger partial charge in [0.15, 0.2) is 0 Å². The number of rotatable bonds is 1. The molecule has 2 heterocycles. The van der Waals surface area contributed by atoms with E-state index in [-0.39, 0.29) is 16.9 Å². The highest BCUT2D eigenvalue weighted by Gasteiger charge is 2.30. The fraction of sp³-hybridized carbons (Fsp3) is 0.368. The van der Waals surface area contributed by atoms with Crippen LogP contribution in [-0.2, 0) is 6.42 Å². The fourth-order valence-electron chi connectivity index (χ4n) is 3.58. The van der Waals surface area contributed by atoms with Gasteiger partial charge in [0.05, 0.1) is 5.02 Å². The van der Waals surface area contributed by atoms with E-state index in [1.165, 1.54) is 23.9 Å². The number of piperazine rings is 1. The molecule has 25 heavy (non-hydrogen) atoms. The van der Waals surface area contributed by atoms with Crippen LogP contribution in [0.3, 0.4) is 0 Å². The van der Waals surface area contributed by atoms with Gasteiger partial charge in [-0.1, -0.05) is 29.4 Å². The molecule has 2 aliphatic heterocycles. The molecular formula is C19H19ClF2N2S. The van der Waals surface area contributed by atoms with Crippen molar-refractivity contribution in [2.75, 3.05) is 33.2 Å². The van der Waals surface area contributed by atoms with Crippen LogP contribution >= 0.6 is 23.4 Å². The van der Waals surface area contributed by atoms with Gasteiger partial charge in [-0.25, -0.2) is 8.78 Å². The van der Waals surface area contributed by atoms with Gasteiger partial charge in [0.2, 0.25) is 0 Å². The molecule has 0 amide bonds. The first kappa shape index (κ1) is 17.3. The molecule has 0 N–H and O–H groups in total. The smallest absolute Gasteiger partial charge is 0.142 e. The number of likely N-dealkylation sites (N-methyl/N-ethyl adjacent to an activating group) is 1. The summed E-state index contributed by atoms with van der Waals surface area (Å²) < 4.78 is 27.8. The first-order valence-corrected chi connectivity index (χ1v) is 9.58. The van der Waals surface area contributed by atoms with Crippen molar-refractivity contribution in [1.29, 1.82) is 0 Å². The molecule has 2 aromatic carbocycles. The highest BCUT2D eigenvalue weighted by molar-refractivity contribution is 7.99. The third-order valence-electron chi connectivity index (χ3n) is 5.05. The average Bonchev–Trinajstić information content (AvgIpc) is 2.73. The minimum atomic E-state index is -0.426. The second kappa shape index (κ2) is 6.88. The summed E-state index contributed by atoms with van der Waals surface area (Å²) in [4.78, 5) is 6.44. The molecule has 1 atom stereocenters. The Morgan fingerprint density at radius 3 is 2.56 bits per heavy atom. The monoisotopic (exact) mass is 380 g/mol. The number of halogens is 3. The minimum Gasteiger partial charge on any atom is -0.304 e. The molecule has 0 unspecified atom stereocenters. The largest absolute Gasteiger partial charge is 0.304 e. The van der Waals surface area contributed by atoms with Crippen LogP contribution in [0.5, 0.6) is 0 Å². The lowest BCUT2D eigenvalue weighted by Crippen LogP contribution is -2.46. The van der Waals surface area contributed by atoms with Gasteiger partial charge in [-0.05, 0) is 48.9 Å². The van der Waals surface area contributed by atoms with Crippen molar-refractivity contribution in [2.45, 2.75) is 22.3 Å². The summed E-state index contributed by atoms with van der Waals surface area (Å²) in [6.45, 7) is 3.92. The normalized spacial score (nSPS) is 21.5. The Labute approximate surface area is 155 Å². The maximum Gasteiger partial charge on any atom is 0.142 e. The van der Waals surface area contributed by atoms with Crippen LogP contribution in [0.25, 0.3) is 0 Å². The van der Waals surface area contributed by atoms with Crippen molar-refractivity contribution >= 4 is 23.4 Å². The van der Waals surface area contributed by atoms with Crippen molar-refractivity contribution in [1.82, 2.24) is 9.80 Å². The van der Waals surface area contributed by atoms with Crippen LogP contribution < -0.4 is 0 Å². The van der Waals surface area contributed by atoms with E-state index >= 15 is 0 Å². The summed E-state index contributed by atoms with van der Waals surface area (Å²) >= 11 is 7.52. The van der Waals surface area contributed by atoms with Crippen LogP contribution in [0.2, 0.25) is 5.02 Å². The van der Waals surface area contributed by atoms with E-state index < -0.39 is 5.82 Å². The van der Waals surface area contributed by atoms with E-state index in [0.29, 0.717) is 0 Å². The Morgan fingerprint density at radius 1 is 1.04 bits per heavy atom. The first-order chi connectivity index (χ1) is 12.0. The van der Waals surface area contributed by atoms with E-state index in [0.717, 1.165) is 53.5 Å². The Kier molecular flexibility index (Phi) is 4.75. The number of hydrogen-bond donors (Lipinski definition) is 0. The van der Waals surface area contributed by atoms with Gasteiger partial charge in [-0.15, -0.1) is 0 Å². The summed E-state index contributed by atoms with van der Waals surface area (Å²) in [6, 6.07) is 8.27. The summed E-state index contributed by atoms with van der Waals surface area (Å²) in [5.74, 6) is -0.690. The molecule has 0 saturated carbocycles. The third-order valence-corrected chi connectivity index (χ3v) is 6.52. The van der Waals surface area contributed by atoms with E-state index in [9.17, 15) is 8.78 Å². The van der Waals surface area contributed by atoms with Crippen molar-refractivity contribution in [3.8, 4) is 0 Å². The lowest BCUT2D eigenvalue weighted by atomic mass is 9.96. The summed E-state index contributed by atoms with van der Waals surface area (Å²) in [5.41, 5.74) is 2.14. The first-order valence-electron chi connectivity index (χ1n) is 8.39. The van der Waals surface area contributed by atoms with Gasteiger partial charge in [0, 0.05) is 42.0 Å². The number of benzene rings is 2. The van der Waals surface area contributed by atoms with E-state index in [1.54, 1.807) is 12.1 Å². The number of hydrogen-bond acceptors (Lipinski definition) is 3. The molecule has 2 aliphatic rings. The van der Waals surface area contributed by atoms with Crippen molar-refractivity contribution in [3.05, 3.63) is 58.1 Å². The second-order valence-corrected chi connectivity index (χ2v) is 8.21. The van der Waals surface area contributed by atoms with Gasteiger partial charge >= 0.3 is 0 Å². The second-order valence-electron chi connectivity index (χ2n) is 6.72. The van der Waals surface area contributed by atoms with Crippen molar-refractivity contribution in [3.63, 3.8) is 0 Å². The van der Waals surface area contributed by atoms with Crippen LogP contribution in [0.1, 0.15) is 17.2 Å². The van der Waals surface area contributed by atoms with Crippen LogP contribution in [0.15, 0.2) is 40.1 Å². The molecule has 0 spiro atoms. The standard InChI is InChI=1S/C19H19ClF2N2S/c1-23-4-6-24(7-5-23)17-8-12-2-3-13(21)9-18(12)25-19-11-16(22)15(20)10-14(17)19/h2-3,9-11,17H,4-8H2,1H3/t17-/m0/s1. The van der Waals surface area contributed by atoms with Crippen molar-refractivity contribution < 1.29 is 8.78 Å². The quantitative estimate of drug-likeness (QED) is 0.713. The van der Waals surface area contributed by atoms with Crippen LogP contribution in [0.4, 0.5) is 8.78 Å². The predicted octanol–water partition coefficient (Wildman–Crippen LogP) is 4.61. The molecule has 0 aliphatic carbocycles. The zero-order chi connectivity index (χ0) is 17.6. The molecule has 6 heteroatoms. The Morgan fingerprint density at radius 2 is 1.80 bits per heavy atom. The number of nitrogens with zero attached hydrogens (tertiary/aromatic N) is 2. The lowest BCUT2D eigenvalue weighted by Gasteiger charge is -2.38. The zero-order valence-electron chi connectivity index (χ0n) is 13.9. The van der Waals surface area contributed by atoms with Gasteiger partial charge in [-0.2, -0.15) is 0 Å². The third kappa shape index (κ3) is 3.43. The Balaban J connectivity index is 1.80. The highest BCUT2D eigenvalue weighted by atomic mass is 35.5. The van der Waals surface area contributed by atoms with E-state index in [4.69, 9.17) is 11.6 Å². The molecular weight excluding hydrogens is 362 g/mol. The average molecular weight is 381 g/mol. The molecule has 2 nitrogen and oxygen atoms in total. The zero-order valence-corrected chi connectivity index (χ0v) is 15.5. The molecule has 0 aromatic heterocycles. The highest BCUT2D eigenvalue weighted by Crippen LogP contribution is 2.44. The molecule has 0 radical (unpaired) electrons. The molecule has 132 valence electrons. The molecule has 1 saturated heterocycles. The summed E-state index contributed by atoms with van der Waals surface area (Å²) in [7, 11) is 2.12. The van der Waals surface area contributed by atoms with Crippen LogP contribution in [0, 0.1) is 11.6 Å². The van der Waals surface area contributed by atoms with Gasteiger partial charge in [0.1, 0.15) is 11.6 Å². The molecule has 0 bridgehead atoms. The molecule has 1 fully saturated rings. The van der Waals surface area contributed by atoms with Crippen LogP contribution in [-0.4, -0.2) is 43.0 Å².